The Bertz CT molecular complexity index is 963. The molecule has 0 aliphatic rings. The van der Waals surface area contributed by atoms with E-state index in [0.29, 0.717) is 17.1 Å². The van der Waals surface area contributed by atoms with Gasteiger partial charge in [-0.15, -0.1) is 0 Å². The summed E-state index contributed by atoms with van der Waals surface area (Å²) in [5, 5.41) is 0. The van der Waals surface area contributed by atoms with Gasteiger partial charge in [0, 0.05) is 11.6 Å². The Balaban J connectivity index is 1.50. The van der Waals surface area contributed by atoms with Gasteiger partial charge in [-0.2, -0.15) is 0 Å². The van der Waals surface area contributed by atoms with Gasteiger partial charge in [0.1, 0.15) is 23.1 Å². The first kappa shape index (κ1) is 18.9. The molecule has 0 aliphatic carbocycles. The summed E-state index contributed by atoms with van der Waals surface area (Å²) in [7, 11) is 0. The first-order valence-corrected chi connectivity index (χ1v) is 8.41. The maximum atomic E-state index is 13.1. The molecule has 0 spiro atoms. The Kier molecular flexibility index (Phi) is 6.20. The maximum Gasteiger partial charge on any atom is 0.276 e. The summed E-state index contributed by atoms with van der Waals surface area (Å²) in [6.07, 6.45) is 0. The van der Waals surface area contributed by atoms with Crippen LogP contribution < -0.4 is 20.3 Å². The lowest BCUT2D eigenvalue weighted by Crippen LogP contribution is -2.43. The minimum absolute atomic E-state index is 0.215. The number of amides is 2. The van der Waals surface area contributed by atoms with Gasteiger partial charge in [0.25, 0.3) is 11.8 Å². The number of hydrogen-bond donors (Lipinski definition) is 2. The first-order chi connectivity index (χ1) is 13.6. The minimum Gasteiger partial charge on any atom is -0.484 e. The van der Waals surface area contributed by atoms with Gasteiger partial charge in [0.05, 0.1) is 0 Å². The van der Waals surface area contributed by atoms with Gasteiger partial charge >= 0.3 is 0 Å². The maximum absolute atomic E-state index is 13.1. The summed E-state index contributed by atoms with van der Waals surface area (Å²) >= 11 is 0. The van der Waals surface area contributed by atoms with Crippen LogP contribution in [0.5, 0.6) is 17.2 Å². The second-order valence-electron chi connectivity index (χ2n) is 5.69. The largest absolute Gasteiger partial charge is 0.484 e. The Hall–Kier alpha value is -3.87. The lowest BCUT2D eigenvalue weighted by Gasteiger charge is -2.10. The van der Waals surface area contributed by atoms with Crippen LogP contribution in [0.2, 0.25) is 0 Å². The van der Waals surface area contributed by atoms with Crippen molar-refractivity contribution in [2.45, 2.75) is 0 Å². The summed E-state index contributed by atoms with van der Waals surface area (Å²) in [6.45, 7) is -0.374. The topological polar surface area (TPSA) is 76.7 Å². The normalized spacial score (nSPS) is 10.0. The van der Waals surface area contributed by atoms with Crippen molar-refractivity contribution in [3.8, 4) is 17.2 Å². The number of rotatable bonds is 6. The average molecular weight is 380 g/mol. The predicted molar refractivity (Wildman–Crippen MR) is 100 cm³/mol. The number of benzene rings is 3. The zero-order valence-corrected chi connectivity index (χ0v) is 14.7. The zero-order valence-electron chi connectivity index (χ0n) is 14.7. The van der Waals surface area contributed by atoms with Crippen molar-refractivity contribution >= 4 is 11.8 Å². The summed E-state index contributed by atoms with van der Waals surface area (Å²) in [5.41, 5.74) is 4.83. The second-order valence-corrected chi connectivity index (χ2v) is 5.69. The van der Waals surface area contributed by atoms with Crippen molar-refractivity contribution in [2.24, 2.45) is 0 Å². The number of carbonyl (C=O) groups is 2. The van der Waals surface area contributed by atoms with E-state index in [1.807, 2.05) is 18.2 Å². The van der Waals surface area contributed by atoms with Gasteiger partial charge in [-0.05, 0) is 42.5 Å². The van der Waals surface area contributed by atoms with Crippen molar-refractivity contribution < 1.29 is 23.5 Å². The van der Waals surface area contributed by atoms with Gasteiger partial charge in [0.15, 0.2) is 6.61 Å². The monoisotopic (exact) mass is 380 g/mol. The highest BCUT2D eigenvalue weighted by molar-refractivity contribution is 5.95. The van der Waals surface area contributed by atoms with Crippen molar-refractivity contribution in [1.29, 1.82) is 0 Å². The Morgan fingerprint density at radius 3 is 2.29 bits per heavy atom. The molecule has 28 heavy (non-hydrogen) atoms. The van der Waals surface area contributed by atoms with E-state index in [-0.39, 0.29) is 12.4 Å². The first-order valence-electron chi connectivity index (χ1n) is 8.41. The molecule has 2 N–H and O–H groups in total. The van der Waals surface area contributed by atoms with Crippen LogP contribution in [0.4, 0.5) is 4.39 Å². The molecule has 7 heteroatoms. The number of carbonyl (C=O) groups excluding carboxylic acids is 2. The smallest absolute Gasteiger partial charge is 0.276 e. The summed E-state index contributed by atoms with van der Waals surface area (Å²) < 4.78 is 23.9. The quantitative estimate of drug-likeness (QED) is 0.642. The SMILES string of the molecule is O=C(COc1cccc(F)c1)NNC(=O)c1cccc(Oc2ccccc2)c1. The summed E-state index contributed by atoms with van der Waals surface area (Å²) in [6, 6.07) is 21.1. The lowest BCUT2D eigenvalue weighted by atomic mass is 10.2. The molecule has 142 valence electrons. The molecule has 0 aliphatic heterocycles. The van der Waals surface area contributed by atoms with E-state index in [9.17, 15) is 14.0 Å². The molecule has 0 fully saturated rings. The molecule has 0 saturated carbocycles. The average Bonchev–Trinajstić information content (AvgIpc) is 2.71. The summed E-state index contributed by atoms with van der Waals surface area (Å²) in [4.78, 5) is 24.0. The molecule has 0 saturated heterocycles. The van der Waals surface area contributed by atoms with Crippen LogP contribution >= 0.6 is 0 Å². The highest BCUT2D eigenvalue weighted by Crippen LogP contribution is 2.21. The van der Waals surface area contributed by atoms with Crippen LogP contribution in [0.3, 0.4) is 0 Å². The van der Waals surface area contributed by atoms with E-state index >= 15 is 0 Å². The number of hydrogen-bond acceptors (Lipinski definition) is 4. The van der Waals surface area contributed by atoms with Gasteiger partial charge in [0.2, 0.25) is 0 Å². The number of halogens is 1. The van der Waals surface area contributed by atoms with Gasteiger partial charge in [-0.25, -0.2) is 4.39 Å². The molecular formula is C21H17FN2O4. The van der Waals surface area contributed by atoms with Crippen LogP contribution in [-0.4, -0.2) is 18.4 Å². The molecule has 0 unspecified atom stereocenters. The summed E-state index contributed by atoms with van der Waals surface area (Å²) in [5.74, 6) is -0.231. The third-order valence-electron chi connectivity index (χ3n) is 3.56. The van der Waals surface area contributed by atoms with Crippen LogP contribution in [0, 0.1) is 5.82 Å². The van der Waals surface area contributed by atoms with Crippen LogP contribution in [-0.2, 0) is 4.79 Å². The van der Waals surface area contributed by atoms with E-state index in [0.717, 1.165) is 6.07 Å². The molecule has 0 radical (unpaired) electrons. The van der Waals surface area contributed by atoms with Crippen LogP contribution in [0.15, 0.2) is 78.9 Å². The Morgan fingerprint density at radius 2 is 1.50 bits per heavy atom. The predicted octanol–water partition coefficient (Wildman–Crippen LogP) is 3.46. The number of hydrazine groups is 1. The Morgan fingerprint density at radius 1 is 0.786 bits per heavy atom. The molecule has 0 bridgehead atoms. The molecule has 3 rings (SSSR count). The van der Waals surface area contributed by atoms with Gasteiger partial charge in [-0.1, -0.05) is 30.3 Å². The molecule has 3 aromatic carbocycles. The van der Waals surface area contributed by atoms with Gasteiger partial charge in [-0.3, -0.25) is 20.4 Å². The molecule has 0 heterocycles. The van der Waals surface area contributed by atoms with Crippen molar-refractivity contribution in [3.05, 3.63) is 90.2 Å². The molecule has 6 nitrogen and oxygen atoms in total. The zero-order chi connectivity index (χ0) is 19.8. The number of para-hydroxylation sites is 1. The molecular weight excluding hydrogens is 363 g/mol. The van der Waals surface area contributed by atoms with Crippen molar-refractivity contribution in [1.82, 2.24) is 10.9 Å². The Labute approximate surface area is 160 Å². The molecule has 3 aromatic rings. The lowest BCUT2D eigenvalue weighted by molar-refractivity contribution is -0.123. The van der Waals surface area contributed by atoms with Gasteiger partial charge < -0.3 is 9.47 Å². The molecule has 2 amide bonds. The fourth-order valence-electron chi connectivity index (χ4n) is 2.27. The standard InChI is InChI=1S/C21H17FN2O4/c22-16-7-5-10-18(13-16)27-14-20(25)23-24-21(26)15-6-4-11-19(12-15)28-17-8-2-1-3-9-17/h1-13H,14H2,(H,23,25)(H,24,26). The van der Waals surface area contributed by atoms with E-state index in [1.54, 1.807) is 36.4 Å². The fraction of sp³-hybridized carbons (Fsp3) is 0.0476. The highest BCUT2D eigenvalue weighted by atomic mass is 19.1. The van der Waals surface area contributed by atoms with Crippen LogP contribution in [0.25, 0.3) is 0 Å². The van der Waals surface area contributed by atoms with E-state index < -0.39 is 17.6 Å². The number of nitrogens with one attached hydrogen (secondary N) is 2. The third-order valence-corrected chi connectivity index (χ3v) is 3.56. The third kappa shape index (κ3) is 5.57. The van der Waals surface area contributed by atoms with Crippen molar-refractivity contribution in [3.63, 3.8) is 0 Å². The van der Waals surface area contributed by atoms with Crippen LogP contribution in [0.1, 0.15) is 10.4 Å². The van der Waals surface area contributed by atoms with E-state index in [1.165, 1.54) is 18.2 Å². The second kappa shape index (κ2) is 9.18. The molecule has 0 aromatic heterocycles. The van der Waals surface area contributed by atoms with Crippen molar-refractivity contribution in [2.75, 3.05) is 6.61 Å². The molecule has 0 atom stereocenters. The fourth-order valence-corrected chi connectivity index (χ4v) is 2.27. The minimum atomic E-state index is -0.589. The van der Waals surface area contributed by atoms with E-state index in [4.69, 9.17) is 9.47 Å². The highest BCUT2D eigenvalue weighted by Gasteiger charge is 2.09. The number of ether oxygens (including phenoxy) is 2. The van der Waals surface area contributed by atoms with E-state index in [2.05, 4.69) is 10.9 Å².